The number of alkyl halides is 3. The van der Waals surface area contributed by atoms with Crippen LogP contribution in [0.3, 0.4) is 0 Å². The van der Waals surface area contributed by atoms with Crippen molar-refractivity contribution in [3.63, 3.8) is 0 Å². The smallest absolute Gasteiger partial charge is 0.416 e. The van der Waals surface area contributed by atoms with Gasteiger partial charge >= 0.3 is 12.1 Å². The number of carboxylic acid groups (broad SMARTS) is 1. The van der Waals surface area contributed by atoms with Crippen LogP contribution in [0, 0.1) is 12.8 Å². The van der Waals surface area contributed by atoms with E-state index in [-0.39, 0.29) is 24.4 Å². The molecule has 3 nitrogen and oxygen atoms in total. The van der Waals surface area contributed by atoms with Crippen molar-refractivity contribution < 1.29 is 23.1 Å². The maximum Gasteiger partial charge on any atom is 0.416 e. The van der Waals surface area contributed by atoms with E-state index in [9.17, 15) is 23.1 Å². The van der Waals surface area contributed by atoms with Crippen LogP contribution in [0.15, 0.2) is 60.7 Å². The molecule has 1 saturated heterocycles. The first kappa shape index (κ1) is 25.0. The summed E-state index contributed by atoms with van der Waals surface area (Å²) in [5.74, 6) is -0.845. The van der Waals surface area contributed by atoms with E-state index >= 15 is 0 Å². The van der Waals surface area contributed by atoms with Crippen LogP contribution in [-0.4, -0.2) is 22.5 Å². The fourth-order valence-electron chi connectivity index (χ4n) is 4.78. The Morgan fingerprint density at radius 3 is 2.33 bits per heavy atom. The van der Waals surface area contributed by atoms with E-state index in [1.165, 1.54) is 0 Å². The van der Waals surface area contributed by atoms with Crippen LogP contribution in [0.4, 0.5) is 13.2 Å². The second-order valence-corrected chi connectivity index (χ2v) is 9.28. The van der Waals surface area contributed by atoms with Gasteiger partial charge in [0.2, 0.25) is 0 Å². The Bertz CT molecular complexity index is 951. The third kappa shape index (κ3) is 6.70. The summed E-state index contributed by atoms with van der Waals surface area (Å²) in [7, 11) is 0. The minimum atomic E-state index is -4.39. The highest BCUT2D eigenvalue weighted by atomic mass is 19.4. The Hall–Kier alpha value is -2.60. The van der Waals surface area contributed by atoms with Crippen LogP contribution in [-0.2, 0) is 11.0 Å². The lowest BCUT2D eigenvalue weighted by atomic mass is 9.82. The summed E-state index contributed by atoms with van der Waals surface area (Å²) in [5.41, 5.74) is 3.53. The lowest BCUT2D eigenvalue weighted by molar-refractivity contribution is -0.139. The first-order valence-corrected chi connectivity index (χ1v) is 11.4. The van der Waals surface area contributed by atoms with Gasteiger partial charge in [-0.3, -0.25) is 9.69 Å². The van der Waals surface area contributed by atoms with Gasteiger partial charge in [-0.1, -0.05) is 47.5 Å². The van der Waals surface area contributed by atoms with Crippen LogP contribution in [0.5, 0.6) is 0 Å². The van der Waals surface area contributed by atoms with Gasteiger partial charge < -0.3 is 5.11 Å². The van der Waals surface area contributed by atoms with Gasteiger partial charge in [0.15, 0.2) is 0 Å². The second kappa shape index (κ2) is 10.6. The highest BCUT2D eigenvalue weighted by molar-refractivity contribution is 5.67. The van der Waals surface area contributed by atoms with E-state index in [2.05, 4.69) is 35.7 Å². The van der Waals surface area contributed by atoms with E-state index in [0.717, 1.165) is 53.7 Å². The zero-order chi connectivity index (χ0) is 24.2. The van der Waals surface area contributed by atoms with E-state index in [0.29, 0.717) is 13.0 Å². The Morgan fingerprint density at radius 1 is 1.15 bits per heavy atom. The number of aryl methyl sites for hydroxylation is 1. The van der Waals surface area contributed by atoms with Crippen LogP contribution in [0.2, 0.25) is 0 Å². The van der Waals surface area contributed by atoms with Crippen LogP contribution in [0.1, 0.15) is 73.4 Å². The Balaban J connectivity index is 1.97. The standard InChI is InChI=1S/C27H32F3NO2/c1-18(2)4-13-24(21-7-5-19(3)6-8-21)31-15-14-20(17-26(32)33)16-25(31)22-9-11-23(12-10-22)27(28,29)30/h5-12,20,24-25H,1,4,13-17H2,2-3H3,(H,32,33). The number of benzene rings is 2. The molecule has 0 aromatic heterocycles. The average Bonchev–Trinajstić information content (AvgIpc) is 2.74. The SMILES string of the molecule is C=C(C)CCC(c1ccc(C)cc1)N1CCC(CC(=O)O)CC1c1ccc(C(F)(F)F)cc1. The molecule has 1 heterocycles. The first-order valence-electron chi connectivity index (χ1n) is 11.4. The minimum absolute atomic E-state index is 0.00847. The van der Waals surface area contributed by atoms with Gasteiger partial charge in [0, 0.05) is 18.5 Å². The number of allylic oxidation sites excluding steroid dienone is 1. The molecule has 2 aromatic rings. The Labute approximate surface area is 193 Å². The quantitative estimate of drug-likeness (QED) is 0.420. The first-order chi connectivity index (χ1) is 15.5. The third-order valence-corrected chi connectivity index (χ3v) is 6.55. The number of rotatable bonds is 8. The molecule has 0 amide bonds. The second-order valence-electron chi connectivity index (χ2n) is 9.28. The molecular weight excluding hydrogens is 427 g/mol. The van der Waals surface area contributed by atoms with Crippen molar-refractivity contribution in [2.24, 2.45) is 5.92 Å². The average molecular weight is 460 g/mol. The summed E-state index contributed by atoms with van der Waals surface area (Å²) < 4.78 is 39.4. The van der Waals surface area contributed by atoms with Crippen LogP contribution < -0.4 is 0 Å². The summed E-state index contributed by atoms with van der Waals surface area (Å²) in [4.78, 5) is 13.7. The van der Waals surface area contributed by atoms with Crippen molar-refractivity contribution in [3.8, 4) is 0 Å². The molecule has 0 saturated carbocycles. The molecule has 0 aliphatic carbocycles. The highest BCUT2D eigenvalue weighted by Gasteiger charge is 2.36. The largest absolute Gasteiger partial charge is 0.481 e. The van der Waals surface area contributed by atoms with Gasteiger partial charge in [0.1, 0.15) is 0 Å². The highest BCUT2D eigenvalue weighted by Crippen LogP contribution is 2.43. The molecule has 1 N–H and O–H groups in total. The summed E-state index contributed by atoms with van der Waals surface area (Å²) in [6, 6.07) is 13.7. The molecule has 3 rings (SSSR count). The molecule has 6 heteroatoms. The van der Waals surface area contributed by atoms with E-state index in [4.69, 9.17) is 0 Å². The number of piperidine rings is 1. The summed E-state index contributed by atoms with van der Waals surface area (Å²) in [5, 5.41) is 9.32. The predicted molar refractivity (Wildman–Crippen MR) is 124 cm³/mol. The summed E-state index contributed by atoms with van der Waals surface area (Å²) in [6.45, 7) is 8.77. The zero-order valence-electron chi connectivity index (χ0n) is 19.2. The van der Waals surface area contributed by atoms with Gasteiger partial charge in [0.05, 0.1) is 5.56 Å². The predicted octanol–water partition coefficient (Wildman–Crippen LogP) is 7.34. The third-order valence-electron chi connectivity index (χ3n) is 6.55. The Kier molecular flexibility index (Phi) is 8.01. The number of hydrogen-bond acceptors (Lipinski definition) is 2. The van der Waals surface area contributed by atoms with Crippen molar-refractivity contribution in [2.75, 3.05) is 6.54 Å². The number of likely N-dealkylation sites (tertiary alicyclic amines) is 1. The fraction of sp³-hybridized carbons (Fsp3) is 0.444. The molecule has 33 heavy (non-hydrogen) atoms. The molecule has 1 fully saturated rings. The number of halogens is 3. The van der Waals surface area contributed by atoms with Crippen molar-refractivity contribution in [1.29, 1.82) is 0 Å². The maximum absolute atomic E-state index is 13.1. The van der Waals surface area contributed by atoms with Gasteiger partial charge in [-0.2, -0.15) is 13.2 Å². The van der Waals surface area contributed by atoms with Crippen molar-refractivity contribution in [1.82, 2.24) is 4.90 Å². The molecule has 0 spiro atoms. The number of aliphatic carboxylic acids is 1. The van der Waals surface area contributed by atoms with E-state index < -0.39 is 17.7 Å². The molecule has 2 aromatic carbocycles. The number of carboxylic acids is 1. The minimum Gasteiger partial charge on any atom is -0.481 e. The molecule has 1 aliphatic rings. The molecular formula is C27H32F3NO2. The number of nitrogens with zero attached hydrogens (tertiary/aromatic N) is 1. The van der Waals surface area contributed by atoms with Crippen molar-refractivity contribution in [2.45, 2.75) is 64.2 Å². The molecule has 0 bridgehead atoms. The van der Waals surface area contributed by atoms with Crippen molar-refractivity contribution >= 4 is 5.97 Å². The normalized spacial score (nSPS) is 20.4. The lowest BCUT2D eigenvalue weighted by Crippen LogP contribution is -2.40. The molecule has 3 atom stereocenters. The molecule has 1 aliphatic heterocycles. The number of hydrogen-bond donors (Lipinski definition) is 1. The molecule has 178 valence electrons. The topological polar surface area (TPSA) is 40.5 Å². The van der Waals surface area contributed by atoms with Gasteiger partial charge in [0.25, 0.3) is 0 Å². The zero-order valence-corrected chi connectivity index (χ0v) is 19.2. The lowest BCUT2D eigenvalue weighted by Gasteiger charge is -2.44. The molecule has 0 radical (unpaired) electrons. The fourth-order valence-corrected chi connectivity index (χ4v) is 4.78. The monoisotopic (exact) mass is 459 g/mol. The van der Waals surface area contributed by atoms with Gasteiger partial charge in [-0.25, -0.2) is 0 Å². The van der Waals surface area contributed by atoms with Crippen molar-refractivity contribution in [3.05, 3.63) is 82.9 Å². The van der Waals surface area contributed by atoms with Crippen LogP contribution >= 0.6 is 0 Å². The van der Waals surface area contributed by atoms with E-state index in [1.54, 1.807) is 12.1 Å². The van der Waals surface area contributed by atoms with Gasteiger partial charge in [-0.15, -0.1) is 6.58 Å². The van der Waals surface area contributed by atoms with Crippen LogP contribution in [0.25, 0.3) is 0 Å². The summed E-state index contributed by atoms with van der Waals surface area (Å²) in [6.07, 6.45) is -1.27. The summed E-state index contributed by atoms with van der Waals surface area (Å²) >= 11 is 0. The van der Waals surface area contributed by atoms with E-state index in [1.807, 2.05) is 13.8 Å². The molecule has 3 unspecified atom stereocenters. The maximum atomic E-state index is 13.1. The van der Waals surface area contributed by atoms with Gasteiger partial charge in [-0.05, 0) is 75.3 Å². The number of carbonyl (C=O) groups is 1. The Morgan fingerprint density at radius 2 is 1.79 bits per heavy atom.